The van der Waals surface area contributed by atoms with Gasteiger partial charge < -0.3 is 10.1 Å². The number of aromatic nitrogens is 2. The molecule has 1 N–H and O–H groups in total. The summed E-state index contributed by atoms with van der Waals surface area (Å²) < 4.78 is 43.6. The molecule has 5 nitrogen and oxygen atoms in total. The summed E-state index contributed by atoms with van der Waals surface area (Å²) in [6, 6.07) is 14.6. The first kappa shape index (κ1) is 21.3. The number of rotatable bonds is 5. The maximum atomic E-state index is 12.9. The van der Waals surface area contributed by atoms with Crippen LogP contribution in [0.1, 0.15) is 44.5 Å². The number of methoxy groups -OCH3 is 1. The number of nitrogens with zero attached hydrogens (tertiary/aromatic N) is 2. The van der Waals surface area contributed by atoms with Crippen LogP contribution in [0, 0.1) is 13.8 Å². The lowest BCUT2D eigenvalue weighted by Crippen LogP contribution is -2.30. The first-order valence-corrected chi connectivity index (χ1v) is 9.12. The summed E-state index contributed by atoms with van der Waals surface area (Å²) in [6.45, 7) is 3.95. The summed E-state index contributed by atoms with van der Waals surface area (Å²) >= 11 is 0. The standard InChI is InChI=1S/C22H20F3N3O2/c1-13-9-10-16(11-14(13)2)18(15-7-5-4-6-8-15)27-19(29)17-12-26-21(22(23,24)25)28-20(17)30-3/h4-12,18H,1-3H3,(H,27,29). The molecule has 0 fully saturated rings. The van der Waals surface area contributed by atoms with Crippen LogP contribution in [0.5, 0.6) is 5.88 Å². The molecule has 0 spiro atoms. The van der Waals surface area contributed by atoms with Gasteiger partial charge in [-0.25, -0.2) is 4.98 Å². The Morgan fingerprint density at radius 1 is 1.03 bits per heavy atom. The van der Waals surface area contributed by atoms with Gasteiger partial charge in [0, 0.05) is 6.20 Å². The van der Waals surface area contributed by atoms with E-state index in [1.807, 2.05) is 62.4 Å². The number of alkyl halides is 3. The van der Waals surface area contributed by atoms with E-state index in [1.165, 1.54) is 0 Å². The SMILES string of the molecule is COc1nc(C(F)(F)F)ncc1C(=O)NC(c1ccccc1)c1ccc(C)c(C)c1. The molecule has 0 radical (unpaired) electrons. The Bertz CT molecular complexity index is 1050. The molecule has 0 aliphatic rings. The number of benzene rings is 2. The first-order valence-electron chi connectivity index (χ1n) is 9.12. The highest BCUT2D eigenvalue weighted by Crippen LogP contribution is 2.29. The predicted molar refractivity (Wildman–Crippen MR) is 105 cm³/mol. The van der Waals surface area contributed by atoms with Crippen LogP contribution in [0.15, 0.2) is 54.7 Å². The highest BCUT2D eigenvalue weighted by Gasteiger charge is 2.36. The Morgan fingerprint density at radius 2 is 1.73 bits per heavy atom. The minimum Gasteiger partial charge on any atom is -0.480 e. The monoisotopic (exact) mass is 415 g/mol. The molecule has 1 aromatic heterocycles. The zero-order valence-corrected chi connectivity index (χ0v) is 16.6. The Morgan fingerprint density at radius 3 is 2.33 bits per heavy atom. The van der Waals surface area contributed by atoms with Crippen molar-refractivity contribution in [3.8, 4) is 5.88 Å². The Balaban J connectivity index is 1.99. The normalized spacial score (nSPS) is 12.3. The van der Waals surface area contributed by atoms with Gasteiger partial charge in [0.2, 0.25) is 11.7 Å². The van der Waals surface area contributed by atoms with Crippen molar-refractivity contribution in [1.29, 1.82) is 0 Å². The van der Waals surface area contributed by atoms with E-state index in [1.54, 1.807) is 0 Å². The van der Waals surface area contributed by atoms with Crippen molar-refractivity contribution in [1.82, 2.24) is 15.3 Å². The number of nitrogens with one attached hydrogen (secondary N) is 1. The van der Waals surface area contributed by atoms with Gasteiger partial charge in [-0.05, 0) is 36.1 Å². The minimum absolute atomic E-state index is 0.185. The van der Waals surface area contributed by atoms with Gasteiger partial charge in [0.1, 0.15) is 5.56 Å². The molecule has 1 heterocycles. The lowest BCUT2D eigenvalue weighted by molar-refractivity contribution is -0.145. The topological polar surface area (TPSA) is 64.1 Å². The molecule has 2 aromatic carbocycles. The fraction of sp³-hybridized carbons (Fsp3) is 0.227. The maximum Gasteiger partial charge on any atom is 0.451 e. The average molecular weight is 415 g/mol. The average Bonchev–Trinajstić information content (AvgIpc) is 2.73. The van der Waals surface area contributed by atoms with Gasteiger partial charge in [-0.3, -0.25) is 4.79 Å². The third kappa shape index (κ3) is 4.59. The van der Waals surface area contributed by atoms with E-state index in [2.05, 4.69) is 15.3 Å². The van der Waals surface area contributed by atoms with Gasteiger partial charge in [-0.15, -0.1) is 0 Å². The number of carbonyl (C=O) groups is 1. The quantitative estimate of drug-likeness (QED) is 0.659. The van der Waals surface area contributed by atoms with E-state index in [0.29, 0.717) is 0 Å². The van der Waals surface area contributed by atoms with Crippen molar-refractivity contribution in [3.05, 3.63) is 88.4 Å². The Kier molecular flexibility index (Phi) is 6.05. The number of hydrogen-bond acceptors (Lipinski definition) is 4. The van der Waals surface area contributed by atoms with Gasteiger partial charge in [-0.2, -0.15) is 18.2 Å². The van der Waals surface area contributed by atoms with Crippen molar-refractivity contribution < 1.29 is 22.7 Å². The number of carbonyl (C=O) groups excluding carboxylic acids is 1. The van der Waals surface area contributed by atoms with Crippen molar-refractivity contribution in [3.63, 3.8) is 0 Å². The molecule has 0 saturated heterocycles. The van der Waals surface area contributed by atoms with E-state index in [9.17, 15) is 18.0 Å². The van der Waals surface area contributed by atoms with Gasteiger partial charge in [0.15, 0.2) is 0 Å². The summed E-state index contributed by atoms with van der Waals surface area (Å²) in [5.74, 6) is -2.46. The van der Waals surface area contributed by atoms with Crippen LogP contribution >= 0.6 is 0 Å². The number of hydrogen-bond donors (Lipinski definition) is 1. The van der Waals surface area contributed by atoms with Gasteiger partial charge in [0.05, 0.1) is 13.2 Å². The Labute approximate surface area is 171 Å². The molecule has 1 atom stereocenters. The second-order valence-corrected chi connectivity index (χ2v) is 6.78. The number of aryl methyl sites for hydroxylation is 2. The molecular formula is C22H20F3N3O2. The highest BCUT2D eigenvalue weighted by molar-refractivity contribution is 5.96. The van der Waals surface area contributed by atoms with Crippen LogP contribution in [-0.2, 0) is 6.18 Å². The van der Waals surface area contributed by atoms with Gasteiger partial charge in [0.25, 0.3) is 5.91 Å². The molecule has 1 amide bonds. The molecule has 0 bridgehead atoms. The maximum absolute atomic E-state index is 12.9. The molecule has 0 saturated carbocycles. The lowest BCUT2D eigenvalue weighted by Gasteiger charge is -2.21. The van der Waals surface area contributed by atoms with Crippen LogP contribution < -0.4 is 10.1 Å². The summed E-state index contributed by atoms with van der Waals surface area (Å²) in [4.78, 5) is 19.6. The van der Waals surface area contributed by atoms with Crippen molar-refractivity contribution in [2.75, 3.05) is 7.11 Å². The molecule has 0 aliphatic heterocycles. The summed E-state index contributed by atoms with van der Waals surface area (Å²) in [5, 5.41) is 2.87. The van der Waals surface area contributed by atoms with Crippen molar-refractivity contribution in [2.45, 2.75) is 26.1 Å². The van der Waals surface area contributed by atoms with Crippen LogP contribution in [0.25, 0.3) is 0 Å². The van der Waals surface area contributed by atoms with E-state index in [0.717, 1.165) is 35.6 Å². The fourth-order valence-electron chi connectivity index (χ4n) is 2.97. The molecule has 30 heavy (non-hydrogen) atoms. The number of amides is 1. The first-order chi connectivity index (χ1) is 14.2. The van der Waals surface area contributed by atoms with E-state index in [-0.39, 0.29) is 5.56 Å². The molecular weight excluding hydrogens is 395 g/mol. The smallest absolute Gasteiger partial charge is 0.451 e. The Hall–Kier alpha value is -3.42. The van der Waals surface area contributed by atoms with Crippen LogP contribution in [0.4, 0.5) is 13.2 Å². The summed E-state index contributed by atoms with van der Waals surface area (Å²) in [6.07, 6.45) is -3.92. The van der Waals surface area contributed by atoms with E-state index < -0.39 is 29.8 Å². The third-order valence-corrected chi connectivity index (χ3v) is 4.72. The fourth-order valence-corrected chi connectivity index (χ4v) is 2.97. The number of ether oxygens (including phenoxy) is 1. The van der Waals surface area contributed by atoms with Gasteiger partial charge in [-0.1, -0.05) is 48.5 Å². The number of halogens is 3. The van der Waals surface area contributed by atoms with Crippen LogP contribution in [-0.4, -0.2) is 23.0 Å². The van der Waals surface area contributed by atoms with E-state index in [4.69, 9.17) is 4.74 Å². The summed E-state index contributed by atoms with van der Waals surface area (Å²) in [5.41, 5.74) is 3.63. The molecule has 3 rings (SSSR count). The minimum atomic E-state index is -4.74. The zero-order valence-electron chi connectivity index (χ0n) is 16.6. The van der Waals surface area contributed by atoms with Crippen molar-refractivity contribution >= 4 is 5.91 Å². The van der Waals surface area contributed by atoms with Crippen LogP contribution in [0.2, 0.25) is 0 Å². The molecule has 8 heteroatoms. The second-order valence-electron chi connectivity index (χ2n) is 6.78. The molecule has 3 aromatic rings. The van der Waals surface area contributed by atoms with E-state index >= 15 is 0 Å². The molecule has 1 unspecified atom stereocenters. The lowest BCUT2D eigenvalue weighted by atomic mass is 9.95. The zero-order chi connectivity index (χ0) is 21.9. The molecule has 156 valence electrons. The van der Waals surface area contributed by atoms with Gasteiger partial charge >= 0.3 is 6.18 Å². The third-order valence-electron chi connectivity index (χ3n) is 4.72. The van der Waals surface area contributed by atoms with Crippen LogP contribution in [0.3, 0.4) is 0 Å². The van der Waals surface area contributed by atoms with Crippen molar-refractivity contribution in [2.24, 2.45) is 0 Å². The highest BCUT2D eigenvalue weighted by atomic mass is 19.4. The molecule has 0 aliphatic carbocycles. The second kappa shape index (κ2) is 8.52. The summed E-state index contributed by atoms with van der Waals surface area (Å²) in [7, 11) is 1.15. The largest absolute Gasteiger partial charge is 0.480 e. The predicted octanol–water partition coefficient (Wildman–Crippen LogP) is 4.64.